The number of carbonyl (C=O) groups is 1. The minimum atomic E-state index is 0.00806. The van der Waals surface area contributed by atoms with Gasteiger partial charge in [-0.1, -0.05) is 0 Å². The monoisotopic (exact) mass is 299 g/mol. The fraction of sp³-hybridized carbons (Fsp3) is 0.529. The first-order chi connectivity index (χ1) is 10.6. The highest BCUT2D eigenvalue weighted by Crippen LogP contribution is 2.35. The number of aromatic nitrogens is 1. The number of nitrogens with zero attached hydrogens (tertiary/aromatic N) is 3. The van der Waals surface area contributed by atoms with E-state index >= 15 is 0 Å². The van der Waals surface area contributed by atoms with Crippen molar-refractivity contribution in [1.82, 2.24) is 14.8 Å². The summed E-state index contributed by atoms with van der Waals surface area (Å²) in [5.41, 5.74) is 1.22. The molecule has 1 amide bonds. The van der Waals surface area contributed by atoms with Gasteiger partial charge >= 0.3 is 0 Å². The number of fused-ring (bicyclic) bond motifs is 4. The van der Waals surface area contributed by atoms with E-state index in [0.717, 1.165) is 11.0 Å². The highest BCUT2D eigenvalue weighted by Gasteiger charge is 2.43. The van der Waals surface area contributed by atoms with Crippen molar-refractivity contribution in [2.75, 3.05) is 20.1 Å². The van der Waals surface area contributed by atoms with Crippen LogP contribution >= 0.6 is 0 Å². The fourth-order valence-corrected chi connectivity index (χ4v) is 4.22. The van der Waals surface area contributed by atoms with E-state index in [1.165, 1.54) is 25.9 Å². The van der Waals surface area contributed by atoms with Crippen LogP contribution in [0.2, 0.25) is 0 Å². The molecule has 5 nitrogen and oxygen atoms in total. The molecule has 5 heteroatoms. The molecule has 5 rings (SSSR count). The Balaban J connectivity index is 1.61. The van der Waals surface area contributed by atoms with Gasteiger partial charge in [-0.3, -0.25) is 9.69 Å². The first-order valence-corrected chi connectivity index (χ1v) is 7.99. The predicted octanol–water partition coefficient (Wildman–Crippen LogP) is 2.38. The normalized spacial score (nSPS) is 30.6. The van der Waals surface area contributed by atoms with E-state index in [4.69, 9.17) is 4.42 Å². The van der Waals surface area contributed by atoms with Crippen LogP contribution in [0.5, 0.6) is 0 Å². The molecule has 116 valence electrons. The summed E-state index contributed by atoms with van der Waals surface area (Å²) in [7, 11) is 1.92. The highest BCUT2D eigenvalue weighted by atomic mass is 16.3. The first-order valence-electron chi connectivity index (χ1n) is 7.99. The summed E-state index contributed by atoms with van der Waals surface area (Å²) < 4.78 is 5.29. The van der Waals surface area contributed by atoms with E-state index in [0.29, 0.717) is 17.7 Å². The molecule has 2 bridgehead atoms. The number of rotatable bonds is 2. The highest BCUT2D eigenvalue weighted by molar-refractivity contribution is 5.95. The standard InChI is InChI=1S/C17H21N3O2/c1-11-16(12-3-6-20(11)7-4-12)19(2)17(21)14-9-13-5-8-22-15(13)10-18-14/h5,8-12,16H,3-4,6-7H2,1-2H3/t11-,16-/m0/s1. The molecule has 0 radical (unpaired) electrons. The number of hydrogen-bond acceptors (Lipinski definition) is 4. The fourth-order valence-electron chi connectivity index (χ4n) is 4.22. The number of carbonyl (C=O) groups excluding carboxylic acids is 1. The first kappa shape index (κ1) is 13.8. The maximum atomic E-state index is 12.8. The number of likely N-dealkylation sites (N-methyl/N-ethyl adjacent to an activating group) is 1. The maximum absolute atomic E-state index is 12.8. The lowest BCUT2D eigenvalue weighted by atomic mass is 9.78. The number of pyridine rings is 1. The van der Waals surface area contributed by atoms with E-state index in [1.54, 1.807) is 12.5 Å². The van der Waals surface area contributed by atoms with Crippen LogP contribution in [0.4, 0.5) is 0 Å². The minimum Gasteiger partial charge on any atom is -0.463 e. The summed E-state index contributed by atoms with van der Waals surface area (Å²) >= 11 is 0. The van der Waals surface area contributed by atoms with E-state index in [2.05, 4.69) is 16.8 Å². The van der Waals surface area contributed by atoms with Crippen molar-refractivity contribution >= 4 is 16.9 Å². The molecule has 2 aromatic rings. The van der Waals surface area contributed by atoms with Crippen LogP contribution in [-0.4, -0.2) is 52.9 Å². The number of piperidine rings is 3. The second kappa shape index (κ2) is 5.09. The van der Waals surface area contributed by atoms with Gasteiger partial charge in [0, 0.05) is 24.5 Å². The van der Waals surface area contributed by atoms with Gasteiger partial charge in [0.25, 0.3) is 5.91 Å². The Hall–Kier alpha value is -1.88. The average Bonchev–Trinajstić information content (AvgIpc) is 3.02. The van der Waals surface area contributed by atoms with Gasteiger partial charge in [-0.15, -0.1) is 0 Å². The average molecular weight is 299 g/mol. The molecule has 3 fully saturated rings. The third-order valence-electron chi connectivity index (χ3n) is 5.45. The molecule has 22 heavy (non-hydrogen) atoms. The molecule has 0 unspecified atom stereocenters. The van der Waals surface area contributed by atoms with Crippen molar-refractivity contribution in [1.29, 1.82) is 0 Å². The number of furan rings is 1. The van der Waals surface area contributed by atoms with Crippen LogP contribution in [0.25, 0.3) is 11.0 Å². The Bertz CT molecular complexity index is 701. The molecule has 0 spiro atoms. The van der Waals surface area contributed by atoms with Crippen molar-refractivity contribution in [3.63, 3.8) is 0 Å². The SMILES string of the molecule is C[C@H]1[C@H](N(C)C(=O)c2cc3ccoc3cn2)C2CCN1CC2. The zero-order valence-electron chi connectivity index (χ0n) is 13.0. The van der Waals surface area contributed by atoms with Gasteiger partial charge in [-0.05, 0) is 50.9 Å². The van der Waals surface area contributed by atoms with E-state index < -0.39 is 0 Å². The van der Waals surface area contributed by atoms with Gasteiger partial charge in [0.2, 0.25) is 0 Å². The quantitative estimate of drug-likeness (QED) is 0.854. The van der Waals surface area contributed by atoms with Crippen LogP contribution in [0.15, 0.2) is 29.0 Å². The summed E-state index contributed by atoms with van der Waals surface area (Å²) in [5, 5.41) is 0.925. The van der Waals surface area contributed by atoms with Crippen molar-refractivity contribution in [2.24, 2.45) is 5.92 Å². The molecule has 0 aromatic carbocycles. The second-order valence-corrected chi connectivity index (χ2v) is 6.55. The van der Waals surface area contributed by atoms with Crippen molar-refractivity contribution in [3.05, 3.63) is 30.3 Å². The summed E-state index contributed by atoms with van der Waals surface area (Å²) in [4.78, 5) is 21.5. The largest absolute Gasteiger partial charge is 0.463 e. The zero-order valence-corrected chi connectivity index (χ0v) is 13.0. The lowest BCUT2D eigenvalue weighted by Gasteiger charge is -2.52. The Kier molecular flexibility index (Phi) is 3.18. The van der Waals surface area contributed by atoms with Gasteiger partial charge in [-0.25, -0.2) is 4.98 Å². The van der Waals surface area contributed by atoms with Crippen LogP contribution in [0.3, 0.4) is 0 Å². The third-order valence-corrected chi connectivity index (χ3v) is 5.45. The lowest BCUT2D eigenvalue weighted by molar-refractivity contribution is -0.0210. The Morgan fingerprint density at radius 2 is 2.18 bits per heavy atom. The molecular weight excluding hydrogens is 278 g/mol. The van der Waals surface area contributed by atoms with E-state index in [1.807, 2.05) is 24.1 Å². The van der Waals surface area contributed by atoms with E-state index in [-0.39, 0.29) is 11.9 Å². The summed E-state index contributed by atoms with van der Waals surface area (Å²) in [5.74, 6) is 0.625. The molecule has 3 aliphatic heterocycles. The van der Waals surface area contributed by atoms with Crippen LogP contribution in [0.1, 0.15) is 30.3 Å². The van der Waals surface area contributed by atoms with Crippen LogP contribution < -0.4 is 0 Å². The van der Waals surface area contributed by atoms with Crippen molar-refractivity contribution in [3.8, 4) is 0 Å². The summed E-state index contributed by atoms with van der Waals surface area (Å²) in [6.07, 6.45) is 5.65. The topological polar surface area (TPSA) is 49.6 Å². The van der Waals surface area contributed by atoms with Crippen LogP contribution in [-0.2, 0) is 0 Å². The molecular formula is C17H21N3O2. The number of hydrogen-bond donors (Lipinski definition) is 0. The zero-order chi connectivity index (χ0) is 15.3. The molecule has 3 aliphatic rings. The minimum absolute atomic E-state index is 0.00806. The summed E-state index contributed by atoms with van der Waals surface area (Å²) in [6, 6.07) is 4.41. The molecule has 0 N–H and O–H groups in total. The molecule has 3 saturated heterocycles. The number of amides is 1. The van der Waals surface area contributed by atoms with Gasteiger partial charge < -0.3 is 9.32 Å². The van der Waals surface area contributed by atoms with E-state index in [9.17, 15) is 4.79 Å². The van der Waals surface area contributed by atoms with Gasteiger partial charge in [0.1, 0.15) is 5.69 Å². The molecule has 2 atom stereocenters. The third kappa shape index (κ3) is 2.03. The smallest absolute Gasteiger partial charge is 0.272 e. The van der Waals surface area contributed by atoms with Crippen LogP contribution in [0, 0.1) is 5.92 Å². The molecule has 2 aromatic heterocycles. The Morgan fingerprint density at radius 3 is 2.91 bits per heavy atom. The predicted molar refractivity (Wildman–Crippen MR) is 83.6 cm³/mol. The Labute approximate surface area is 129 Å². The van der Waals surface area contributed by atoms with Crippen molar-refractivity contribution < 1.29 is 9.21 Å². The van der Waals surface area contributed by atoms with Gasteiger partial charge in [0.05, 0.1) is 12.5 Å². The van der Waals surface area contributed by atoms with Crippen molar-refractivity contribution in [2.45, 2.75) is 31.8 Å². The molecule has 5 heterocycles. The Morgan fingerprint density at radius 1 is 1.41 bits per heavy atom. The maximum Gasteiger partial charge on any atom is 0.272 e. The van der Waals surface area contributed by atoms with Gasteiger partial charge in [-0.2, -0.15) is 0 Å². The molecule has 0 saturated carbocycles. The molecule has 0 aliphatic carbocycles. The lowest BCUT2D eigenvalue weighted by Crippen LogP contribution is -2.62. The summed E-state index contributed by atoms with van der Waals surface area (Å²) in [6.45, 7) is 4.58. The van der Waals surface area contributed by atoms with Gasteiger partial charge in [0.15, 0.2) is 5.58 Å². The second-order valence-electron chi connectivity index (χ2n) is 6.55.